The maximum Gasteiger partial charge on any atom is 0.396 e. The normalized spacial score (nSPS) is 14.7. The number of hydrogen-bond acceptors (Lipinski definition) is 3. The number of nitrogens with zero attached hydrogens (tertiary/aromatic N) is 1. The fraction of sp³-hybridized carbons (Fsp3) is 0.115. The highest BCUT2D eigenvalue weighted by Crippen LogP contribution is 2.54. The van der Waals surface area contributed by atoms with Crippen LogP contribution in [-0.4, -0.2) is 6.92 Å². The highest BCUT2D eigenvalue weighted by atomic mass is 16.4. The fourth-order valence-electron chi connectivity index (χ4n) is 11.4. The second-order valence-electron chi connectivity index (χ2n) is 19.2. The van der Waals surface area contributed by atoms with Gasteiger partial charge in [-0.25, -0.2) is 0 Å². The van der Waals surface area contributed by atoms with Gasteiger partial charge in [-0.3, -0.25) is 0 Å². The molecule has 310 valence electrons. The minimum atomic E-state index is -0.138. The van der Waals surface area contributed by atoms with Gasteiger partial charge in [0.15, 0.2) is 0 Å². The monoisotopic (exact) mass is 835 g/mol. The Morgan fingerprint density at radius 2 is 1.00 bits per heavy atom. The molecule has 13 rings (SSSR count). The molecule has 10 aromatic rings. The van der Waals surface area contributed by atoms with Gasteiger partial charge in [0.25, 0.3) is 0 Å². The van der Waals surface area contributed by atoms with E-state index in [9.17, 15) is 0 Å². The molecule has 65 heavy (non-hydrogen) atoms. The summed E-state index contributed by atoms with van der Waals surface area (Å²) in [6.45, 7) is 9.46. The first-order valence-electron chi connectivity index (χ1n) is 22.9. The summed E-state index contributed by atoms with van der Waals surface area (Å²) in [4.78, 5) is 2.39. The third-order valence-corrected chi connectivity index (χ3v) is 14.8. The Hall–Kier alpha value is -7.56. The van der Waals surface area contributed by atoms with Gasteiger partial charge in [-0.05, 0) is 151 Å². The second kappa shape index (κ2) is 14.0. The summed E-state index contributed by atoms with van der Waals surface area (Å²) < 4.78 is 13.0. The Bertz CT molecular complexity index is 3560. The Labute approximate surface area is 380 Å². The summed E-state index contributed by atoms with van der Waals surface area (Å²) >= 11 is 0. The van der Waals surface area contributed by atoms with Crippen LogP contribution < -0.4 is 15.0 Å². The van der Waals surface area contributed by atoms with Gasteiger partial charge >= 0.3 is 6.92 Å². The topological polar surface area (TPSA) is 25.6 Å². The summed E-state index contributed by atoms with van der Waals surface area (Å²) in [6, 6.07) is 71.3. The van der Waals surface area contributed by atoms with E-state index in [0.717, 1.165) is 51.1 Å². The van der Waals surface area contributed by atoms with E-state index < -0.39 is 0 Å². The Morgan fingerprint density at radius 3 is 1.78 bits per heavy atom. The van der Waals surface area contributed by atoms with Gasteiger partial charge in [0.1, 0.15) is 16.9 Å². The predicted molar refractivity (Wildman–Crippen MR) is 271 cm³/mol. The standard InChI is InChI=1S/C61H46BNO2/c1-60(2)53-19-11-8-16-45(53)47-29-27-43(33-55(47)60)63(44-28-30-49-48-18-10-13-21-58(48)64-59(49)34-44)42-25-22-38(23-26-42)51-36-56-52(46-17-9-12-20-54(46)61(56,3)4)35-50(51)39-24-31-57-40(32-39)37-62(65-57)41-14-6-5-7-15-41/h5-36H,37H2,1-4H3. The first kappa shape index (κ1) is 38.0. The van der Waals surface area contributed by atoms with Crippen LogP contribution in [0.1, 0.15) is 55.5 Å². The molecule has 0 bridgehead atoms. The van der Waals surface area contributed by atoms with Gasteiger partial charge in [-0.15, -0.1) is 0 Å². The number of fused-ring (bicyclic) bond motifs is 10. The molecule has 3 aliphatic rings. The molecule has 0 unspecified atom stereocenters. The lowest BCUT2D eigenvalue weighted by atomic mass is 9.58. The lowest BCUT2D eigenvalue weighted by Gasteiger charge is -2.28. The summed E-state index contributed by atoms with van der Waals surface area (Å²) in [6.07, 6.45) is 0.847. The van der Waals surface area contributed by atoms with Crippen LogP contribution >= 0.6 is 0 Å². The van der Waals surface area contributed by atoms with Crippen LogP contribution in [0.3, 0.4) is 0 Å². The molecule has 0 N–H and O–H groups in total. The van der Waals surface area contributed by atoms with Gasteiger partial charge in [-0.1, -0.05) is 149 Å². The SMILES string of the molecule is CC1(C)c2ccccc2-c2ccc(N(c3ccc(-c4cc5c(cc4-c4ccc6c(c4)CB(c4ccccc4)O6)-c4ccccc4C5(C)C)cc3)c3ccc4c(c3)oc3ccccc34)cc21. The number of para-hydroxylation sites is 1. The zero-order valence-corrected chi connectivity index (χ0v) is 37.0. The van der Waals surface area contributed by atoms with E-state index in [1.807, 2.05) is 6.07 Å². The minimum Gasteiger partial charge on any atom is -0.555 e. The third-order valence-electron chi connectivity index (χ3n) is 14.8. The molecular weight excluding hydrogens is 789 g/mol. The number of hydrogen-bond donors (Lipinski definition) is 0. The van der Waals surface area contributed by atoms with Gasteiger partial charge in [-0.2, -0.15) is 0 Å². The van der Waals surface area contributed by atoms with Crippen LogP contribution in [0.15, 0.2) is 199 Å². The molecule has 0 atom stereocenters. The fourth-order valence-corrected chi connectivity index (χ4v) is 11.4. The van der Waals surface area contributed by atoms with Gasteiger partial charge in [0, 0.05) is 44.7 Å². The maximum atomic E-state index is 6.54. The molecule has 0 spiro atoms. The van der Waals surface area contributed by atoms with Crippen LogP contribution in [-0.2, 0) is 17.2 Å². The highest BCUT2D eigenvalue weighted by Gasteiger charge is 2.38. The molecule has 0 saturated carbocycles. The Kier molecular flexibility index (Phi) is 8.16. The Balaban J connectivity index is 0.954. The van der Waals surface area contributed by atoms with Crippen molar-refractivity contribution >= 4 is 51.4 Å². The average Bonchev–Trinajstić information content (AvgIpc) is 4.06. The molecular formula is C61H46BNO2. The van der Waals surface area contributed by atoms with E-state index in [0.29, 0.717) is 0 Å². The van der Waals surface area contributed by atoms with Crippen LogP contribution in [0.25, 0.3) is 66.4 Å². The first-order chi connectivity index (χ1) is 31.7. The Morgan fingerprint density at radius 1 is 0.415 bits per heavy atom. The van der Waals surface area contributed by atoms with Crippen LogP contribution in [0.5, 0.6) is 5.75 Å². The van der Waals surface area contributed by atoms with E-state index in [1.54, 1.807) is 0 Å². The molecule has 0 saturated heterocycles. The third kappa shape index (κ3) is 5.76. The van der Waals surface area contributed by atoms with Crippen molar-refractivity contribution in [1.82, 2.24) is 0 Å². The summed E-state index contributed by atoms with van der Waals surface area (Å²) in [7, 11) is 0. The largest absolute Gasteiger partial charge is 0.555 e. The predicted octanol–water partition coefficient (Wildman–Crippen LogP) is 15.4. The highest BCUT2D eigenvalue weighted by molar-refractivity contribution is 6.68. The molecule has 0 amide bonds. The molecule has 1 aliphatic heterocycles. The number of furan rings is 1. The van der Waals surface area contributed by atoms with Crippen molar-refractivity contribution in [3.63, 3.8) is 0 Å². The molecule has 3 nitrogen and oxygen atoms in total. The van der Waals surface area contributed by atoms with Crippen LogP contribution in [0, 0.1) is 0 Å². The van der Waals surface area contributed by atoms with Gasteiger partial charge in [0.05, 0.1) is 0 Å². The summed E-state index contributed by atoms with van der Waals surface area (Å²) in [5, 5.41) is 2.25. The average molecular weight is 836 g/mol. The second-order valence-corrected chi connectivity index (χ2v) is 19.2. The van der Waals surface area contributed by atoms with Crippen molar-refractivity contribution in [3.8, 4) is 50.3 Å². The molecule has 2 aliphatic carbocycles. The molecule has 2 heterocycles. The summed E-state index contributed by atoms with van der Waals surface area (Å²) in [5.74, 6) is 0.973. The molecule has 9 aromatic carbocycles. The number of anilines is 3. The van der Waals surface area contributed by atoms with Gasteiger partial charge in [0.2, 0.25) is 0 Å². The van der Waals surface area contributed by atoms with Crippen molar-refractivity contribution in [2.45, 2.75) is 44.8 Å². The lowest BCUT2D eigenvalue weighted by molar-refractivity contribution is 0.601. The van der Waals surface area contributed by atoms with Crippen molar-refractivity contribution in [3.05, 3.63) is 222 Å². The molecule has 4 heteroatoms. The molecule has 0 radical (unpaired) electrons. The van der Waals surface area contributed by atoms with Crippen LogP contribution in [0.4, 0.5) is 17.1 Å². The van der Waals surface area contributed by atoms with Crippen LogP contribution in [0.2, 0.25) is 0 Å². The van der Waals surface area contributed by atoms with E-state index in [1.165, 1.54) is 77.8 Å². The number of rotatable bonds is 6. The van der Waals surface area contributed by atoms with Crippen molar-refractivity contribution in [2.24, 2.45) is 0 Å². The van der Waals surface area contributed by atoms with Crippen molar-refractivity contribution < 1.29 is 9.07 Å². The van der Waals surface area contributed by atoms with Gasteiger partial charge < -0.3 is 14.0 Å². The summed E-state index contributed by atoms with van der Waals surface area (Å²) in [5.41, 5.74) is 22.7. The van der Waals surface area contributed by atoms with E-state index in [2.05, 4.69) is 221 Å². The molecule has 1 aromatic heterocycles. The zero-order chi connectivity index (χ0) is 43.6. The molecule has 0 fully saturated rings. The minimum absolute atomic E-state index is 0.0173. The maximum absolute atomic E-state index is 6.54. The van der Waals surface area contributed by atoms with E-state index >= 15 is 0 Å². The number of benzene rings is 9. The lowest BCUT2D eigenvalue weighted by Crippen LogP contribution is -2.34. The van der Waals surface area contributed by atoms with E-state index in [4.69, 9.17) is 9.07 Å². The van der Waals surface area contributed by atoms with E-state index in [-0.39, 0.29) is 17.7 Å². The smallest absolute Gasteiger partial charge is 0.396 e. The van der Waals surface area contributed by atoms with Crippen molar-refractivity contribution in [1.29, 1.82) is 0 Å². The first-order valence-corrected chi connectivity index (χ1v) is 22.9. The zero-order valence-electron chi connectivity index (χ0n) is 37.0. The quantitative estimate of drug-likeness (QED) is 0.156. The van der Waals surface area contributed by atoms with Crippen molar-refractivity contribution in [2.75, 3.05) is 4.90 Å².